The molecule has 0 aliphatic carbocycles. The van der Waals surface area contributed by atoms with Crippen molar-refractivity contribution >= 4 is 21.4 Å². The molecule has 0 amide bonds. The minimum Gasteiger partial charge on any atom is -0.313 e. The van der Waals surface area contributed by atoms with Gasteiger partial charge in [0.1, 0.15) is 4.21 Å². The fraction of sp³-hybridized carbons (Fsp3) is 0.600. The molecule has 0 aliphatic rings. The molecule has 0 unspecified atom stereocenters. The van der Waals surface area contributed by atoms with Crippen LogP contribution in [0.2, 0.25) is 0 Å². The Kier molecular flexibility index (Phi) is 4.91. The molecule has 0 spiro atoms. The molecular formula is C10H18N2O2S2. The predicted octanol–water partition coefficient (Wildman–Crippen LogP) is 1.33. The molecule has 4 nitrogen and oxygen atoms in total. The van der Waals surface area contributed by atoms with Gasteiger partial charge < -0.3 is 5.32 Å². The lowest BCUT2D eigenvalue weighted by Crippen LogP contribution is -2.34. The summed E-state index contributed by atoms with van der Waals surface area (Å²) in [7, 11) is -3.31. The molecule has 92 valence electrons. The highest BCUT2D eigenvalue weighted by Gasteiger charge is 2.14. The Balaban J connectivity index is 2.47. The second-order valence-corrected chi connectivity index (χ2v) is 7.15. The standard InChI is InChI=1S/C10H18N2O2S2/c1-8(2)11-6-7-12-16(13,14)10-5-4-9(3)15-10/h4-5,8,11-12H,6-7H2,1-3H3. The molecule has 0 radical (unpaired) electrons. The first-order valence-corrected chi connectivity index (χ1v) is 7.51. The minimum atomic E-state index is -3.31. The van der Waals surface area contributed by atoms with Crippen LogP contribution in [0.3, 0.4) is 0 Å². The van der Waals surface area contributed by atoms with E-state index in [4.69, 9.17) is 0 Å². The molecule has 1 aromatic rings. The monoisotopic (exact) mass is 262 g/mol. The summed E-state index contributed by atoms with van der Waals surface area (Å²) < 4.78 is 26.5. The van der Waals surface area contributed by atoms with Gasteiger partial charge in [0.05, 0.1) is 0 Å². The molecule has 0 saturated heterocycles. The molecule has 2 N–H and O–H groups in total. The summed E-state index contributed by atoms with van der Waals surface area (Å²) >= 11 is 1.29. The molecule has 16 heavy (non-hydrogen) atoms. The van der Waals surface area contributed by atoms with Gasteiger partial charge in [0.15, 0.2) is 0 Å². The zero-order chi connectivity index (χ0) is 12.2. The van der Waals surface area contributed by atoms with Gasteiger partial charge in [-0.1, -0.05) is 13.8 Å². The summed E-state index contributed by atoms with van der Waals surface area (Å²) in [6.07, 6.45) is 0. The van der Waals surface area contributed by atoms with E-state index < -0.39 is 10.0 Å². The van der Waals surface area contributed by atoms with E-state index >= 15 is 0 Å². The number of nitrogens with one attached hydrogen (secondary N) is 2. The summed E-state index contributed by atoms with van der Waals surface area (Å²) in [6, 6.07) is 3.82. The highest BCUT2D eigenvalue weighted by molar-refractivity contribution is 7.91. The molecule has 0 atom stereocenters. The third-order valence-electron chi connectivity index (χ3n) is 1.95. The van der Waals surface area contributed by atoms with Crippen molar-refractivity contribution in [2.24, 2.45) is 0 Å². The number of hydrogen-bond donors (Lipinski definition) is 2. The van der Waals surface area contributed by atoms with Gasteiger partial charge in [-0.2, -0.15) is 0 Å². The van der Waals surface area contributed by atoms with Gasteiger partial charge in [-0.15, -0.1) is 11.3 Å². The number of sulfonamides is 1. The molecule has 0 bridgehead atoms. The second-order valence-electron chi connectivity index (χ2n) is 3.87. The fourth-order valence-corrected chi connectivity index (χ4v) is 3.53. The van der Waals surface area contributed by atoms with Crippen molar-refractivity contribution in [3.05, 3.63) is 17.0 Å². The van der Waals surface area contributed by atoms with Crippen LogP contribution in [0.5, 0.6) is 0 Å². The van der Waals surface area contributed by atoms with E-state index in [0.29, 0.717) is 23.3 Å². The molecule has 0 fully saturated rings. The van der Waals surface area contributed by atoms with Gasteiger partial charge in [-0.3, -0.25) is 0 Å². The van der Waals surface area contributed by atoms with Crippen LogP contribution in [-0.2, 0) is 10.0 Å². The molecule has 1 aromatic heterocycles. The Labute approximate surface area is 101 Å². The predicted molar refractivity (Wildman–Crippen MR) is 67.4 cm³/mol. The van der Waals surface area contributed by atoms with Crippen LogP contribution < -0.4 is 10.0 Å². The van der Waals surface area contributed by atoms with Crippen molar-refractivity contribution in [1.82, 2.24) is 10.0 Å². The van der Waals surface area contributed by atoms with Crippen molar-refractivity contribution < 1.29 is 8.42 Å². The lowest BCUT2D eigenvalue weighted by atomic mass is 10.4. The van der Waals surface area contributed by atoms with Crippen LogP contribution in [0, 0.1) is 6.92 Å². The van der Waals surface area contributed by atoms with Gasteiger partial charge >= 0.3 is 0 Å². The topological polar surface area (TPSA) is 58.2 Å². The van der Waals surface area contributed by atoms with Crippen molar-refractivity contribution in [2.45, 2.75) is 31.0 Å². The van der Waals surface area contributed by atoms with Crippen LogP contribution in [0.25, 0.3) is 0 Å². The van der Waals surface area contributed by atoms with Crippen molar-refractivity contribution in [3.8, 4) is 0 Å². The van der Waals surface area contributed by atoms with Gasteiger partial charge in [0.25, 0.3) is 0 Å². The Hall–Kier alpha value is -0.430. The summed E-state index contributed by atoms with van der Waals surface area (Å²) in [5.74, 6) is 0. The molecular weight excluding hydrogens is 244 g/mol. The van der Waals surface area contributed by atoms with Crippen LogP contribution in [0.4, 0.5) is 0 Å². The lowest BCUT2D eigenvalue weighted by molar-refractivity contribution is 0.561. The normalized spacial score (nSPS) is 12.2. The van der Waals surface area contributed by atoms with Crippen molar-refractivity contribution in [1.29, 1.82) is 0 Å². The van der Waals surface area contributed by atoms with E-state index in [1.807, 2.05) is 26.8 Å². The van der Waals surface area contributed by atoms with E-state index in [1.54, 1.807) is 6.07 Å². The number of aryl methyl sites for hydroxylation is 1. The SMILES string of the molecule is Cc1ccc(S(=O)(=O)NCCNC(C)C)s1. The summed E-state index contributed by atoms with van der Waals surface area (Å²) in [6.45, 7) is 7.00. The molecule has 0 saturated carbocycles. The fourth-order valence-electron chi connectivity index (χ4n) is 1.17. The van der Waals surface area contributed by atoms with Gasteiger partial charge in [0, 0.05) is 24.0 Å². The van der Waals surface area contributed by atoms with Crippen LogP contribution >= 0.6 is 11.3 Å². The largest absolute Gasteiger partial charge is 0.313 e. The lowest BCUT2D eigenvalue weighted by Gasteiger charge is -2.08. The highest BCUT2D eigenvalue weighted by atomic mass is 32.2. The van der Waals surface area contributed by atoms with E-state index in [0.717, 1.165) is 4.88 Å². The van der Waals surface area contributed by atoms with E-state index in [9.17, 15) is 8.42 Å². The number of hydrogen-bond acceptors (Lipinski definition) is 4. The van der Waals surface area contributed by atoms with Crippen LogP contribution in [-0.4, -0.2) is 27.5 Å². The average molecular weight is 262 g/mol. The quantitative estimate of drug-likeness (QED) is 0.761. The molecule has 1 heterocycles. The first-order chi connectivity index (χ1) is 7.42. The Morgan fingerprint density at radius 1 is 1.31 bits per heavy atom. The second kappa shape index (κ2) is 5.77. The molecule has 0 aromatic carbocycles. The van der Waals surface area contributed by atoms with Crippen molar-refractivity contribution in [2.75, 3.05) is 13.1 Å². The maximum absolute atomic E-state index is 11.8. The first kappa shape index (κ1) is 13.6. The maximum Gasteiger partial charge on any atom is 0.250 e. The molecule has 0 aliphatic heterocycles. The minimum absolute atomic E-state index is 0.369. The highest BCUT2D eigenvalue weighted by Crippen LogP contribution is 2.19. The Morgan fingerprint density at radius 2 is 2.00 bits per heavy atom. The van der Waals surface area contributed by atoms with E-state index in [-0.39, 0.29) is 0 Å². The Bertz CT molecular complexity index is 424. The zero-order valence-corrected chi connectivity index (χ0v) is 11.4. The molecule has 6 heteroatoms. The van der Waals surface area contributed by atoms with Crippen LogP contribution in [0.1, 0.15) is 18.7 Å². The average Bonchev–Trinajstić information content (AvgIpc) is 2.60. The van der Waals surface area contributed by atoms with E-state index in [2.05, 4.69) is 10.0 Å². The van der Waals surface area contributed by atoms with Crippen molar-refractivity contribution in [3.63, 3.8) is 0 Å². The number of rotatable bonds is 6. The van der Waals surface area contributed by atoms with Gasteiger partial charge in [0.2, 0.25) is 10.0 Å². The smallest absolute Gasteiger partial charge is 0.250 e. The Morgan fingerprint density at radius 3 is 2.50 bits per heavy atom. The van der Waals surface area contributed by atoms with Crippen LogP contribution in [0.15, 0.2) is 16.3 Å². The summed E-state index contributed by atoms with van der Waals surface area (Å²) in [5, 5.41) is 3.15. The van der Waals surface area contributed by atoms with Gasteiger partial charge in [-0.05, 0) is 19.1 Å². The third kappa shape index (κ3) is 4.21. The van der Waals surface area contributed by atoms with E-state index in [1.165, 1.54) is 11.3 Å². The third-order valence-corrected chi connectivity index (χ3v) is 4.90. The summed E-state index contributed by atoms with van der Waals surface area (Å²) in [4.78, 5) is 1.00. The van der Waals surface area contributed by atoms with Gasteiger partial charge in [-0.25, -0.2) is 13.1 Å². The molecule has 1 rings (SSSR count). The summed E-state index contributed by atoms with van der Waals surface area (Å²) in [5.41, 5.74) is 0. The first-order valence-electron chi connectivity index (χ1n) is 5.21. The zero-order valence-electron chi connectivity index (χ0n) is 9.78. The maximum atomic E-state index is 11.8. The number of thiophene rings is 1.